The molecule has 0 aliphatic carbocycles. The number of aromatic hydroxyl groups is 1. The maximum absolute atomic E-state index is 12.7. The molecule has 3 aromatic rings. The first kappa shape index (κ1) is 29.7. The molecule has 15 heteroatoms. The van der Waals surface area contributed by atoms with Gasteiger partial charge in [-0.05, 0) is 35.2 Å². The zero-order valence-corrected chi connectivity index (χ0v) is 21.5. The Morgan fingerprint density at radius 1 is 0.950 bits per heavy atom. The van der Waals surface area contributed by atoms with Crippen LogP contribution in [0, 0.1) is 5.41 Å². The fraction of sp³-hybridized carbons (Fsp3) is 0.320. The minimum Gasteiger partial charge on any atom is -0.508 e. The number of carbonyl (C=O) groups excluding carboxylic acids is 1. The van der Waals surface area contributed by atoms with Gasteiger partial charge < -0.3 is 36.2 Å². The van der Waals surface area contributed by atoms with Crippen LogP contribution in [-0.2, 0) is 6.54 Å². The highest BCUT2D eigenvalue weighted by Crippen LogP contribution is 2.22. The lowest BCUT2D eigenvalue weighted by Gasteiger charge is -2.24. The van der Waals surface area contributed by atoms with Gasteiger partial charge in [-0.15, -0.1) is 0 Å². The lowest BCUT2D eigenvalue weighted by molar-refractivity contribution is -0.154. The minimum absolute atomic E-state index is 0.0813. The van der Waals surface area contributed by atoms with E-state index in [-0.39, 0.29) is 48.4 Å². The van der Waals surface area contributed by atoms with Crippen molar-refractivity contribution >= 4 is 29.5 Å². The third-order valence-electron chi connectivity index (χ3n) is 5.21. The van der Waals surface area contributed by atoms with E-state index >= 15 is 0 Å². The van der Waals surface area contributed by atoms with Crippen LogP contribution in [0.25, 0.3) is 0 Å². The van der Waals surface area contributed by atoms with E-state index in [0.717, 1.165) is 5.56 Å². The predicted octanol–water partition coefficient (Wildman–Crippen LogP) is 3.90. The Balaban J connectivity index is 1.68. The van der Waals surface area contributed by atoms with Gasteiger partial charge in [0, 0.05) is 31.9 Å². The van der Waals surface area contributed by atoms with E-state index < -0.39 is 36.2 Å². The van der Waals surface area contributed by atoms with Gasteiger partial charge in [0.05, 0.1) is 5.56 Å². The number of aromatic nitrogens is 3. The average Bonchev–Trinajstić information content (AvgIpc) is 2.89. The Morgan fingerprint density at radius 3 is 2.25 bits per heavy atom. The number of alkyl halides is 3. The number of ether oxygens (including phenoxy) is 1. The number of carbonyl (C=O) groups is 2. The Hall–Kier alpha value is -4.82. The fourth-order valence-corrected chi connectivity index (χ4v) is 3.13. The number of benzene rings is 1. The zero-order valence-electron chi connectivity index (χ0n) is 21.5. The lowest BCUT2D eigenvalue weighted by Crippen LogP contribution is -2.41. The van der Waals surface area contributed by atoms with Crippen LogP contribution in [0.1, 0.15) is 29.8 Å². The molecule has 0 saturated heterocycles. The van der Waals surface area contributed by atoms with E-state index in [4.69, 9.17) is 9.84 Å². The summed E-state index contributed by atoms with van der Waals surface area (Å²) in [6, 6.07) is 10.2. The van der Waals surface area contributed by atoms with E-state index in [1.165, 1.54) is 36.5 Å². The van der Waals surface area contributed by atoms with Crippen molar-refractivity contribution in [2.75, 3.05) is 30.3 Å². The molecule has 0 radical (unpaired) electrons. The molecular formula is C25H28F3N7O5. The van der Waals surface area contributed by atoms with Crippen molar-refractivity contribution in [3.8, 4) is 11.8 Å². The molecule has 0 aliphatic heterocycles. The number of phenolic OH excluding ortho intramolecular Hbond substituents is 1. The van der Waals surface area contributed by atoms with E-state index in [9.17, 15) is 27.9 Å². The van der Waals surface area contributed by atoms with Crippen molar-refractivity contribution < 1.29 is 37.7 Å². The summed E-state index contributed by atoms with van der Waals surface area (Å²) in [5.41, 5.74) is 0.483. The largest absolute Gasteiger partial charge is 0.508 e. The molecule has 0 fully saturated rings. The van der Waals surface area contributed by atoms with Crippen LogP contribution >= 0.6 is 0 Å². The monoisotopic (exact) mass is 563 g/mol. The Bertz CT molecular complexity index is 1300. The Kier molecular flexibility index (Phi) is 9.53. The van der Waals surface area contributed by atoms with Gasteiger partial charge in [-0.1, -0.05) is 26.0 Å². The smallest absolute Gasteiger partial charge is 0.422 e. The number of rotatable bonds is 12. The van der Waals surface area contributed by atoms with E-state index in [2.05, 4.69) is 36.2 Å². The van der Waals surface area contributed by atoms with Gasteiger partial charge in [0.2, 0.25) is 0 Å². The molecule has 0 saturated carbocycles. The maximum atomic E-state index is 12.7. The molecule has 2 aromatic heterocycles. The molecule has 214 valence electrons. The van der Waals surface area contributed by atoms with Gasteiger partial charge in [0.15, 0.2) is 6.61 Å². The third kappa shape index (κ3) is 10.2. The summed E-state index contributed by atoms with van der Waals surface area (Å²) in [6.07, 6.45) is -4.45. The standard InChI is InChI=1S/C25H28F3N7O5/c1-24(2,13-32-23(38)39)12-31-21(37)16-5-8-18(30-11-16)33-20-9-19(29-10-15-3-6-17(36)7-4-15)34-22(35-20)40-14-25(26,27)28/h3-9,11,32,36H,10,12-14H2,1-2H3,(H,31,37)(H,38,39)(H2,29,30,33,34,35). The van der Waals surface area contributed by atoms with Crippen LogP contribution in [-0.4, -0.2) is 63.0 Å². The van der Waals surface area contributed by atoms with Crippen LogP contribution in [0.4, 0.5) is 35.4 Å². The number of nitrogens with one attached hydrogen (secondary N) is 4. The summed E-state index contributed by atoms with van der Waals surface area (Å²) in [7, 11) is 0. The van der Waals surface area contributed by atoms with Crippen LogP contribution < -0.4 is 26.0 Å². The summed E-state index contributed by atoms with van der Waals surface area (Å²) in [6.45, 7) is 2.59. The quantitative estimate of drug-likeness (QED) is 0.190. The van der Waals surface area contributed by atoms with Crippen molar-refractivity contribution in [2.24, 2.45) is 5.41 Å². The van der Waals surface area contributed by atoms with Crippen molar-refractivity contribution in [3.63, 3.8) is 0 Å². The van der Waals surface area contributed by atoms with Gasteiger partial charge in [-0.25, -0.2) is 9.78 Å². The number of phenols is 1. The number of nitrogens with zero attached hydrogens (tertiary/aromatic N) is 3. The van der Waals surface area contributed by atoms with Crippen LogP contribution in [0.15, 0.2) is 48.7 Å². The summed E-state index contributed by atoms with van der Waals surface area (Å²) in [4.78, 5) is 35.3. The van der Waals surface area contributed by atoms with Gasteiger partial charge in [0.25, 0.3) is 5.91 Å². The molecule has 1 aromatic carbocycles. The molecule has 2 heterocycles. The molecule has 0 atom stereocenters. The third-order valence-corrected chi connectivity index (χ3v) is 5.21. The molecule has 0 unspecified atom stereocenters. The zero-order chi connectivity index (χ0) is 29.3. The highest BCUT2D eigenvalue weighted by atomic mass is 19.4. The van der Waals surface area contributed by atoms with Gasteiger partial charge >= 0.3 is 18.3 Å². The van der Waals surface area contributed by atoms with Crippen molar-refractivity contribution in [3.05, 3.63) is 59.8 Å². The molecule has 0 aliphatic rings. The molecule has 40 heavy (non-hydrogen) atoms. The molecule has 3 rings (SSSR count). The van der Waals surface area contributed by atoms with Crippen LogP contribution in [0.2, 0.25) is 0 Å². The highest BCUT2D eigenvalue weighted by molar-refractivity contribution is 5.94. The first-order valence-corrected chi connectivity index (χ1v) is 11.9. The van der Waals surface area contributed by atoms with Crippen molar-refractivity contribution in [1.29, 1.82) is 0 Å². The first-order chi connectivity index (χ1) is 18.8. The number of halogens is 3. The second-order valence-electron chi connectivity index (χ2n) is 9.41. The van der Waals surface area contributed by atoms with E-state index in [1.54, 1.807) is 26.0 Å². The van der Waals surface area contributed by atoms with E-state index in [1.807, 2.05) is 0 Å². The highest BCUT2D eigenvalue weighted by Gasteiger charge is 2.29. The number of carboxylic acid groups (broad SMARTS) is 1. The fourth-order valence-electron chi connectivity index (χ4n) is 3.13. The molecule has 2 amide bonds. The number of anilines is 3. The van der Waals surface area contributed by atoms with E-state index in [0.29, 0.717) is 0 Å². The summed E-state index contributed by atoms with van der Waals surface area (Å²) in [5.74, 6) is 0.157. The number of amides is 2. The number of hydrogen-bond donors (Lipinski definition) is 6. The molecule has 0 spiro atoms. The maximum Gasteiger partial charge on any atom is 0.422 e. The predicted molar refractivity (Wildman–Crippen MR) is 139 cm³/mol. The SMILES string of the molecule is CC(C)(CNC(=O)O)CNC(=O)c1ccc(Nc2cc(NCc3ccc(O)cc3)nc(OCC(F)(F)F)n2)nc1. The molecule has 0 bridgehead atoms. The minimum atomic E-state index is -4.59. The van der Waals surface area contributed by atoms with Crippen molar-refractivity contribution in [1.82, 2.24) is 25.6 Å². The Labute approximate surface area is 227 Å². The molecular weight excluding hydrogens is 535 g/mol. The van der Waals surface area contributed by atoms with Crippen LogP contribution in [0.3, 0.4) is 0 Å². The summed E-state index contributed by atoms with van der Waals surface area (Å²) in [5, 5.41) is 29.0. The summed E-state index contributed by atoms with van der Waals surface area (Å²) >= 11 is 0. The second kappa shape index (κ2) is 12.8. The van der Waals surface area contributed by atoms with Gasteiger partial charge in [0.1, 0.15) is 23.2 Å². The van der Waals surface area contributed by atoms with Crippen LogP contribution in [0.5, 0.6) is 11.8 Å². The Morgan fingerprint density at radius 2 is 1.62 bits per heavy atom. The lowest BCUT2D eigenvalue weighted by atomic mass is 9.93. The average molecular weight is 564 g/mol. The number of pyridine rings is 1. The normalized spacial score (nSPS) is 11.4. The van der Waals surface area contributed by atoms with Gasteiger partial charge in [-0.2, -0.15) is 23.1 Å². The second-order valence-corrected chi connectivity index (χ2v) is 9.41. The van der Waals surface area contributed by atoms with Crippen molar-refractivity contribution in [2.45, 2.75) is 26.6 Å². The van der Waals surface area contributed by atoms with Gasteiger partial charge in [-0.3, -0.25) is 4.79 Å². The molecule has 12 nitrogen and oxygen atoms in total. The summed E-state index contributed by atoms with van der Waals surface area (Å²) < 4.78 is 42.8. The first-order valence-electron chi connectivity index (χ1n) is 11.9. The topological polar surface area (TPSA) is 171 Å². The molecule has 6 N–H and O–H groups in total. The number of hydrogen-bond acceptors (Lipinski definition) is 9.